The van der Waals surface area contributed by atoms with Gasteiger partial charge in [-0.15, -0.1) is 5.10 Å². The summed E-state index contributed by atoms with van der Waals surface area (Å²) in [5, 5.41) is 12.0. The van der Waals surface area contributed by atoms with E-state index in [2.05, 4.69) is 22.4 Å². The summed E-state index contributed by atoms with van der Waals surface area (Å²) in [5.41, 5.74) is 7.46. The molecule has 6 heteroatoms. The van der Waals surface area contributed by atoms with Crippen molar-refractivity contribution in [3.63, 3.8) is 0 Å². The van der Waals surface area contributed by atoms with Gasteiger partial charge in [-0.1, -0.05) is 12.1 Å². The number of nitrogen functional groups attached to an aromatic ring is 1. The molecule has 0 bridgehead atoms. The van der Waals surface area contributed by atoms with Crippen LogP contribution in [0, 0.1) is 5.92 Å². The summed E-state index contributed by atoms with van der Waals surface area (Å²) in [5.74, 6) is 1.22. The van der Waals surface area contributed by atoms with E-state index in [1.54, 1.807) is 0 Å². The summed E-state index contributed by atoms with van der Waals surface area (Å²) in [6.45, 7) is 3.70. The van der Waals surface area contributed by atoms with Crippen molar-refractivity contribution in [1.82, 2.24) is 20.2 Å². The first-order valence-electron chi connectivity index (χ1n) is 6.48. The maximum Gasteiger partial charge on any atom is 0.182 e. The molecule has 0 radical (unpaired) electrons. The highest BCUT2D eigenvalue weighted by Crippen LogP contribution is 2.24. The predicted octanol–water partition coefficient (Wildman–Crippen LogP) is 1.35. The second-order valence-electron chi connectivity index (χ2n) is 4.93. The summed E-state index contributed by atoms with van der Waals surface area (Å²) in [7, 11) is 0. The topological polar surface area (TPSA) is 78.8 Å². The maximum atomic E-state index is 5.80. The first-order valence-corrected chi connectivity index (χ1v) is 6.48. The average molecular weight is 259 g/mol. The summed E-state index contributed by atoms with van der Waals surface area (Å²) >= 11 is 0. The molecule has 0 aliphatic carbocycles. The Bertz CT molecular complexity index is 568. The van der Waals surface area contributed by atoms with Gasteiger partial charge < -0.3 is 10.5 Å². The second-order valence-corrected chi connectivity index (χ2v) is 4.93. The van der Waals surface area contributed by atoms with Crippen LogP contribution in [0.2, 0.25) is 0 Å². The van der Waals surface area contributed by atoms with E-state index in [1.807, 2.05) is 28.9 Å². The van der Waals surface area contributed by atoms with Crippen molar-refractivity contribution >= 4 is 5.69 Å². The highest BCUT2D eigenvalue weighted by atomic mass is 16.5. The molecule has 2 unspecified atom stereocenters. The number of nitrogens with zero attached hydrogens (tertiary/aromatic N) is 4. The molecule has 2 heterocycles. The van der Waals surface area contributed by atoms with Gasteiger partial charge in [0.05, 0.1) is 12.6 Å². The molecule has 1 aromatic carbocycles. The molecule has 1 aliphatic heterocycles. The minimum atomic E-state index is 0.262. The molecular formula is C13H17N5O. The highest BCUT2D eigenvalue weighted by Gasteiger charge is 2.26. The molecule has 2 N–H and O–H groups in total. The number of hydrogen-bond donors (Lipinski definition) is 1. The average Bonchev–Trinajstić information content (AvgIpc) is 3.00. The second kappa shape index (κ2) is 4.97. The van der Waals surface area contributed by atoms with Crippen LogP contribution in [0.4, 0.5) is 5.69 Å². The van der Waals surface area contributed by atoms with Crippen molar-refractivity contribution < 1.29 is 4.74 Å². The lowest BCUT2D eigenvalue weighted by Crippen LogP contribution is -2.19. The van der Waals surface area contributed by atoms with E-state index in [4.69, 9.17) is 10.5 Å². The van der Waals surface area contributed by atoms with E-state index in [0.29, 0.717) is 11.6 Å². The van der Waals surface area contributed by atoms with Gasteiger partial charge in [-0.2, -0.15) is 0 Å². The fourth-order valence-corrected chi connectivity index (χ4v) is 2.45. The number of tetrazole rings is 1. The third-order valence-corrected chi connectivity index (χ3v) is 3.62. The zero-order valence-electron chi connectivity index (χ0n) is 10.9. The number of ether oxygens (including phenoxy) is 1. The Morgan fingerprint density at radius 3 is 3.11 bits per heavy atom. The number of rotatable bonds is 3. The van der Waals surface area contributed by atoms with Crippen molar-refractivity contribution in [3.8, 4) is 11.4 Å². The first-order chi connectivity index (χ1) is 9.24. The van der Waals surface area contributed by atoms with Crippen molar-refractivity contribution in [1.29, 1.82) is 0 Å². The fourth-order valence-electron chi connectivity index (χ4n) is 2.45. The standard InChI is InChI=1S/C13H17N5O/c1-9-11(5-6-19-9)8-18-13(15-16-17-18)10-3-2-4-12(14)7-10/h2-4,7,9,11H,5-6,8,14H2,1H3. The quantitative estimate of drug-likeness (QED) is 0.842. The predicted molar refractivity (Wildman–Crippen MR) is 71.2 cm³/mol. The van der Waals surface area contributed by atoms with Gasteiger partial charge in [0, 0.05) is 23.8 Å². The smallest absolute Gasteiger partial charge is 0.182 e. The number of anilines is 1. The van der Waals surface area contributed by atoms with Crippen molar-refractivity contribution in [2.45, 2.75) is 26.0 Å². The molecule has 2 atom stereocenters. The molecular weight excluding hydrogens is 242 g/mol. The Hall–Kier alpha value is -1.95. The Labute approximate surface area is 111 Å². The van der Waals surface area contributed by atoms with Crippen LogP contribution in [-0.4, -0.2) is 32.9 Å². The highest BCUT2D eigenvalue weighted by molar-refractivity contribution is 5.60. The Kier molecular flexibility index (Phi) is 3.16. The van der Waals surface area contributed by atoms with E-state index in [0.717, 1.165) is 31.0 Å². The lowest BCUT2D eigenvalue weighted by molar-refractivity contribution is 0.101. The van der Waals surface area contributed by atoms with Gasteiger partial charge in [-0.05, 0) is 35.9 Å². The number of aromatic nitrogens is 4. The molecule has 19 heavy (non-hydrogen) atoms. The zero-order chi connectivity index (χ0) is 13.2. The van der Waals surface area contributed by atoms with Crippen molar-refractivity contribution in [3.05, 3.63) is 24.3 Å². The Morgan fingerprint density at radius 1 is 1.47 bits per heavy atom. The van der Waals surface area contributed by atoms with Gasteiger partial charge in [-0.25, -0.2) is 4.68 Å². The Balaban J connectivity index is 1.86. The lowest BCUT2D eigenvalue weighted by atomic mass is 10.0. The molecule has 2 aromatic rings. The van der Waals surface area contributed by atoms with Gasteiger partial charge in [0.15, 0.2) is 5.82 Å². The summed E-state index contributed by atoms with van der Waals surface area (Å²) in [4.78, 5) is 0. The zero-order valence-corrected chi connectivity index (χ0v) is 10.9. The molecule has 0 amide bonds. The van der Waals surface area contributed by atoms with Crippen LogP contribution in [0.3, 0.4) is 0 Å². The summed E-state index contributed by atoms with van der Waals surface area (Å²) in [6.07, 6.45) is 1.31. The van der Waals surface area contributed by atoms with Crippen LogP contribution in [-0.2, 0) is 11.3 Å². The monoisotopic (exact) mass is 259 g/mol. The van der Waals surface area contributed by atoms with Gasteiger partial charge in [0.25, 0.3) is 0 Å². The molecule has 0 spiro atoms. The first kappa shape index (κ1) is 12.1. The maximum absolute atomic E-state index is 5.80. The summed E-state index contributed by atoms with van der Waals surface area (Å²) in [6, 6.07) is 7.61. The molecule has 0 saturated carbocycles. The largest absolute Gasteiger partial charge is 0.399 e. The van der Waals surface area contributed by atoms with E-state index < -0.39 is 0 Å². The minimum absolute atomic E-state index is 0.262. The molecule has 1 aromatic heterocycles. The molecule has 1 aliphatic rings. The van der Waals surface area contributed by atoms with E-state index >= 15 is 0 Å². The molecule has 6 nitrogen and oxygen atoms in total. The third kappa shape index (κ3) is 2.44. The fraction of sp³-hybridized carbons (Fsp3) is 0.462. The number of nitrogens with two attached hydrogens (primary N) is 1. The van der Waals surface area contributed by atoms with Gasteiger partial charge >= 0.3 is 0 Å². The van der Waals surface area contributed by atoms with Gasteiger partial charge in [-0.3, -0.25) is 0 Å². The van der Waals surface area contributed by atoms with E-state index in [9.17, 15) is 0 Å². The van der Waals surface area contributed by atoms with E-state index in [1.165, 1.54) is 0 Å². The SMILES string of the molecule is CC1OCCC1Cn1nnnc1-c1cccc(N)c1. The van der Waals surface area contributed by atoms with Crippen LogP contribution >= 0.6 is 0 Å². The van der Waals surface area contributed by atoms with Crippen LogP contribution in [0.25, 0.3) is 11.4 Å². The molecule has 3 rings (SSSR count). The van der Waals surface area contributed by atoms with Crippen LogP contribution in [0.1, 0.15) is 13.3 Å². The van der Waals surface area contributed by atoms with Crippen molar-refractivity contribution in [2.75, 3.05) is 12.3 Å². The van der Waals surface area contributed by atoms with Gasteiger partial charge in [0.2, 0.25) is 0 Å². The molecule has 100 valence electrons. The number of hydrogen-bond acceptors (Lipinski definition) is 5. The summed E-state index contributed by atoms with van der Waals surface area (Å²) < 4.78 is 7.41. The Morgan fingerprint density at radius 2 is 2.37 bits per heavy atom. The molecule has 1 fully saturated rings. The van der Waals surface area contributed by atoms with Crippen molar-refractivity contribution in [2.24, 2.45) is 5.92 Å². The normalized spacial score (nSPS) is 22.8. The van der Waals surface area contributed by atoms with Gasteiger partial charge in [0.1, 0.15) is 0 Å². The lowest BCUT2D eigenvalue weighted by Gasteiger charge is -2.14. The van der Waals surface area contributed by atoms with Crippen LogP contribution in [0.5, 0.6) is 0 Å². The van der Waals surface area contributed by atoms with Crippen LogP contribution < -0.4 is 5.73 Å². The van der Waals surface area contributed by atoms with Crippen LogP contribution in [0.15, 0.2) is 24.3 Å². The number of benzene rings is 1. The van der Waals surface area contributed by atoms with E-state index in [-0.39, 0.29) is 6.10 Å². The third-order valence-electron chi connectivity index (χ3n) is 3.62. The minimum Gasteiger partial charge on any atom is -0.399 e. The molecule has 1 saturated heterocycles.